The van der Waals surface area contributed by atoms with Gasteiger partial charge in [0, 0.05) is 10.0 Å². The van der Waals surface area contributed by atoms with Gasteiger partial charge in [-0.05, 0) is 37.3 Å². The molecule has 0 aliphatic rings. The Kier molecular flexibility index (Phi) is 3.77. The topological polar surface area (TPSA) is 67.5 Å². The van der Waals surface area contributed by atoms with Crippen LogP contribution in [0.4, 0.5) is 0 Å². The van der Waals surface area contributed by atoms with E-state index in [-0.39, 0.29) is 11.3 Å². The Morgan fingerprint density at radius 2 is 2.05 bits per heavy atom. The Bertz CT molecular complexity index is 948. The maximum absolute atomic E-state index is 12.5. The fraction of sp³-hybridized carbons (Fsp3) is 0.0625. The third-order valence-corrected chi connectivity index (χ3v) is 3.71. The van der Waals surface area contributed by atoms with Crippen LogP contribution in [0.15, 0.2) is 56.8 Å². The Morgan fingerprint density at radius 1 is 1.27 bits per heavy atom. The van der Waals surface area contributed by atoms with Crippen molar-refractivity contribution >= 4 is 33.0 Å². The number of hydrogen-bond acceptors (Lipinski definition) is 4. The number of phenolic OH excluding ortho intramolecular Hbond substituents is 1. The standard InChI is InChI=1S/C16H12BrN3O2/c1-10-19-14-5-3-2-4-13(14)16(22)20(10)18-9-11-8-12(17)6-7-15(11)21/h2-9,21H,1H3/b18-9+. The molecule has 0 radical (unpaired) electrons. The molecule has 0 unspecified atom stereocenters. The van der Waals surface area contributed by atoms with Gasteiger partial charge >= 0.3 is 0 Å². The number of hydrogen-bond donors (Lipinski definition) is 1. The number of halogens is 1. The maximum atomic E-state index is 12.5. The number of rotatable bonds is 2. The number of aryl methyl sites for hydroxylation is 1. The summed E-state index contributed by atoms with van der Waals surface area (Å²) in [5.41, 5.74) is 0.907. The molecule has 1 N–H and O–H groups in total. The van der Waals surface area contributed by atoms with Crippen LogP contribution < -0.4 is 5.56 Å². The first kappa shape index (κ1) is 14.5. The average Bonchev–Trinajstić information content (AvgIpc) is 2.50. The van der Waals surface area contributed by atoms with E-state index in [0.29, 0.717) is 22.3 Å². The highest BCUT2D eigenvalue weighted by molar-refractivity contribution is 9.10. The Labute approximate surface area is 134 Å². The molecule has 3 aromatic rings. The van der Waals surface area contributed by atoms with Gasteiger partial charge < -0.3 is 5.11 Å². The van der Waals surface area contributed by atoms with E-state index in [9.17, 15) is 9.90 Å². The van der Waals surface area contributed by atoms with E-state index in [4.69, 9.17) is 0 Å². The van der Waals surface area contributed by atoms with Gasteiger partial charge in [-0.2, -0.15) is 9.78 Å². The van der Waals surface area contributed by atoms with Gasteiger partial charge in [0.2, 0.25) is 0 Å². The number of nitrogens with zero attached hydrogens (tertiary/aromatic N) is 3. The van der Waals surface area contributed by atoms with Crippen LogP contribution in [0.5, 0.6) is 5.75 Å². The number of fused-ring (bicyclic) bond motifs is 1. The van der Waals surface area contributed by atoms with Crippen LogP contribution in [0.25, 0.3) is 10.9 Å². The van der Waals surface area contributed by atoms with Crippen molar-refractivity contribution in [1.82, 2.24) is 9.66 Å². The SMILES string of the molecule is Cc1nc2ccccc2c(=O)n1/N=C/c1cc(Br)ccc1O. The minimum absolute atomic E-state index is 0.0893. The first-order chi connectivity index (χ1) is 10.6. The molecule has 2 aromatic carbocycles. The summed E-state index contributed by atoms with van der Waals surface area (Å²) in [7, 11) is 0. The van der Waals surface area contributed by atoms with Crippen molar-refractivity contribution in [1.29, 1.82) is 0 Å². The van der Waals surface area contributed by atoms with E-state index < -0.39 is 0 Å². The van der Waals surface area contributed by atoms with Crippen molar-refractivity contribution in [2.75, 3.05) is 0 Å². The van der Waals surface area contributed by atoms with Gasteiger partial charge in [-0.15, -0.1) is 0 Å². The molecular weight excluding hydrogens is 346 g/mol. The van der Waals surface area contributed by atoms with Crippen molar-refractivity contribution in [3.63, 3.8) is 0 Å². The normalized spacial score (nSPS) is 11.4. The lowest BCUT2D eigenvalue weighted by molar-refractivity contribution is 0.474. The largest absolute Gasteiger partial charge is 0.507 e. The number of benzene rings is 2. The second-order valence-electron chi connectivity index (χ2n) is 4.74. The van der Waals surface area contributed by atoms with Crippen molar-refractivity contribution in [2.45, 2.75) is 6.92 Å². The zero-order chi connectivity index (χ0) is 15.7. The summed E-state index contributed by atoms with van der Waals surface area (Å²) in [6.45, 7) is 1.71. The summed E-state index contributed by atoms with van der Waals surface area (Å²) in [5, 5.41) is 14.5. The van der Waals surface area contributed by atoms with Gasteiger partial charge in [0.25, 0.3) is 5.56 Å². The van der Waals surface area contributed by atoms with Crippen LogP contribution in [0, 0.1) is 6.92 Å². The van der Waals surface area contributed by atoms with Gasteiger partial charge in [-0.3, -0.25) is 4.79 Å². The molecule has 0 atom stereocenters. The molecule has 0 aliphatic heterocycles. The maximum Gasteiger partial charge on any atom is 0.282 e. The third-order valence-electron chi connectivity index (χ3n) is 3.22. The van der Waals surface area contributed by atoms with Gasteiger partial charge in [-0.1, -0.05) is 28.1 Å². The summed E-state index contributed by atoms with van der Waals surface area (Å²) in [6.07, 6.45) is 1.44. The van der Waals surface area contributed by atoms with Gasteiger partial charge in [0.1, 0.15) is 11.6 Å². The number of para-hydroxylation sites is 1. The first-order valence-electron chi connectivity index (χ1n) is 6.57. The third kappa shape index (κ3) is 2.65. The smallest absolute Gasteiger partial charge is 0.282 e. The number of aromatic hydroxyl groups is 1. The highest BCUT2D eigenvalue weighted by Gasteiger charge is 2.06. The second-order valence-corrected chi connectivity index (χ2v) is 5.66. The summed E-state index contributed by atoms with van der Waals surface area (Å²) in [4.78, 5) is 16.8. The molecule has 0 saturated heterocycles. The Hall–Kier alpha value is -2.47. The highest BCUT2D eigenvalue weighted by atomic mass is 79.9. The zero-order valence-electron chi connectivity index (χ0n) is 11.7. The molecule has 1 heterocycles. The monoisotopic (exact) mass is 357 g/mol. The zero-order valence-corrected chi connectivity index (χ0v) is 13.3. The molecular formula is C16H12BrN3O2. The van der Waals surface area contributed by atoms with Crippen molar-refractivity contribution in [3.05, 3.63) is 68.7 Å². The van der Waals surface area contributed by atoms with Crippen LogP contribution in [0.2, 0.25) is 0 Å². The number of aromatic nitrogens is 2. The fourth-order valence-corrected chi connectivity index (χ4v) is 2.50. The van der Waals surface area contributed by atoms with Crippen molar-refractivity contribution in [3.8, 4) is 5.75 Å². The molecule has 0 bridgehead atoms. The predicted octanol–water partition coefficient (Wildman–Crippen LogP) is 3.06. The lowest BCUT2D eigenvalue weighted by Gasteiger charge is -2.05. The number of phenols is 1. The van der Waals surface area contributed by atoms with Crippen LogP contribution in [0.1, 0.15) is 11.4 Å². The second kappa shape index (κ2) is 5.73. The lowest BCUT2D eigenvalue weighted by atomic mass is 10.2. The summed E-state index contributed by atoms with van der Waals surface area (Å²) >= 11 is 3.33. The van der Waals surface area contributed by atoms with Crippen molar-refractivity contribution < 1.29 is 5.11 Å². The van der Waals surface area contributed by atoms with Crippen LogP contribution >= 0.6 is 15.9 Å². The van der Waals surface area contributed by atoms with Gasteiger partial charge in [-0.25, -0.2) is 4.98 Å². The first-order valence-corrected chi connectivity index (χ1v) is 7.37. The summed E-state index contributed by atoms with van der Waals surface area (Å²) < 4.78 is 2.04. The van der Waals surface area contributed by atoms with E-state index >= 15 is 0 Å². The van der Waals surface area contributed by atoms with E-state index in [1.807, 2.05) is 6.07 Å². The lowest BCUT2D eigenvalue weighted by Crippen LogP contribution is -2.20. The quantitative estimate of drug-likeness (QED) is 0.716. The molecule has 5 nitrogen and oxygen atoms in total. The molecule has 0 aliphatic carbocycles. The van der Waals surface area contributed by atoms with E-state index in [0.717, 1.165) is 4.47 Å². The Balaban J connectivity index is 2.13. The minimum Gasteiger partial charge on any atom is -0.507 e. The minimum atomic E-state index is -0.242. The van der Waals surface area contributed by atoms with Gasteiger partial charge in [0.05, 0.1) is 17.1 Å². The van der Waals surface area contributed by atoms with Crippen LogP contribution in [-0.2, 0) is 0 Å². The van der Waals surface area contributed by atoms with E-state index in [1.165, 1.54) is 10.9 Å². The van der Waals surface area contributed by atoms with Gasteiger partial charge in [0.15, 0.2) is 0 Å². The molecule has 22 heavy (non-hydrogen) atoms. The molecule has 0 fully saturated rings. The average molecular weight is 358 g/mol. The highest BCUT2D eigenvalue weighted by Crippen LogP contribution is 2.20. The molecule has 1 aromatic heterocycles. The molecule has 6 heteroatoms. The van der Waals surface area contributed by atoms with E-state index in [2.05, 4.69) is 26.0 Å². The molecule has 0 amide bonds. The molecule has 0 spiro atoms. The van der Waals surface area contributed by atoms with Crippen LogP contribution in [0.3, 0.4) is 0 Å². The molecule has 110 valence electrons. The fourth-order valence-electron chi connectivity index (χ4n) is 2.12. The predicted molar refractivity (Wildman–Crippen MR) is 89.5 cm³/mol. The summed E-state index contributed by atoms with van der Waals surface area (Å²) in [5.74, 6) is 0.570. The molecule has 3 rings (SSSR count). The van der Waals surface area contributed by atoms with Crippen molar-refractivity contribution in [2.24, 2.45) is 5.10 Å². The Morgan fingerprint density at radius 3 is 2.86 bits per heavy atom. The van der Waals surface area contributed by atoms with E-state index in [1.54, 1.807) is 43.3 Å². The van der Waals surface area contributed by atoms with Crippen LogP contribution in [-0.4, -0.2) is 21.0 Å². The summed E-state index contributed by atoms with van der Waals surface area (Å²) in [6, 6.07) is 12.1. The molecule has 0 saturated carbocycles.